The highest BCUT2D eigenvalue weighted by molar-refractivity contribution is 7.81. The Morgan fingerprint density at radius 3 is 2.73 bits per heavy atom. The molecule has 1 aromatic carbocycles. The predicted molar refractivity (Wildman–Crippen MR) is 130 cm³/mol. The van der Waals surface area contributed by atoms with E-state index in [0.29, 0.717) is 31.6 Å². The molecule has 2 heterocycles. The lowest BCUT2D eigenvalue weighted by Crippen LogP contribution is -2.42. The summed E-state index contributed by atoms with van der Waals surface area (Å²) in [5, 5.41) is 13.2. The number of aryl methyl sites for hydroxylation is 1. The largest absolute Gasteiger partial charge is 0.481 e. The molecule has 4 rings (SSSR count). The Morgan fingerprint density at radius 2 is 2.03 bits per heavy atom. The van der Waals surface area contributed by atoms with Crippen LogP contribution in [-0.2, 0) is 16.1 Å². The lowest BCUT2D eigenvalue weighted by molar-refractivity contribution is -0.137. The highest BCUT2D eigenvalue weighted by Gasteiger charge is 2.40. The van der Waals surface area contributed by atoms with Gasteiger partial charge >= 0.3 is 5.97 Å². The van der Waals surface area contributed by atoms with Crippen molar-refractivity contribution in [3.05, 3.63) is 59.2 Å². The highest BCUT2D eigenvalue weighted by atomic mass is 35.5. The minimum absolute atomic E-state index is 0. The van der Waals surface area contributed by atoms with Crippen LogP contribution < -0.4 is 0 Å². The normalized spacial score (nSPS) is 20.9. The lowest BCUT2D eigenvalue weighted by Gasteiger charge is -2.37. The average Bonchev–Trinajstić information content (AvgIpc) is 3.52. The van der Waals surface area contributed by atoms with E-state index in [1.54, 1.807) is 29.1 Å². The molecule has 0 amide bonds. The first kappa shape index (κ1) is 25.5. The van der Waals surface area contributed by atoms with Gasteiger partial charge in [0, 0.05) is 54.5 Å². The number of nitrogens with zero attached hydrogens (tertiary/aromatic N) is 3. The number of benzene rings is 1. The second-order valence-corrected chi connectivity index (χ2v) is 9.25. The number of likely N-dealkylation sites (tertiary alicyclic amines) is 1. The second-order valence-electron chi connectivity index (χ2n) is 8.63. The van der Waals surface area contributed by atoms with E-state index in [1.165, 1.54) is 6.07 Å². The molecule has 178 valence electrons. The van der Waals surface area contributed by atoms with Crippen LogP contribution in [0.4, 0.5) is 4.39 Å². The number of piperidine rings is 1. The number of ketones is 1. The van der Waals surface area contributed by atoms with E-state index in [4.69, 9.17) is 17.7 Å². The zero-order valence-electron chi connectivity index (χ0n) is 18.3. The molecule has 9 heteroatoms. The van der Waals surface area contributed by atoms with E-state index < -0.39 is 12.0 Å². The third-order valence-corrected chi connectivity index (χ3v) is 6.69. The summed E-state index contributed by atoms with van der Waals surface area (Å²) in [4.78, 5) is 25.9. The molecule has 0 bridgehead atoms. The number of halogens is 2. The smallest absolute Gasteiger partial charge is 0.303 e. The Labute approximate surface area is 204 Å². The van der Waals surface area contributed by atoms with Crippen molar-refractivity contribution in [3.8, 4) is 0 Å². The maximum absolute atomic E-state index is 14.7. The number of carboxylic acid groups (broad SMARTS) is 1. The van der Waals surface area contributed by atoms with Crippen LogP contribution in [0.1, 0.15) is 49.3 Å². The minimum Gasteiger partial charge on any atom is -0.481 e. The maximum Gasteiger partial charge on any atom is 0.303 e. The van der Waals surface area contributed by atoms with E-state index in [2.05, 4.69) is 10.00 Å². The molecule has 33 heavy (non-hydrogen) atoms. The van der Waals surface area contributed by atoms with Crippen LogP contribution in [0.15, 0.2) is 42.2 Å². The molecule has 1 aliphatic heterocycles. The third-order valence-electron chi connectivity index (χ3n) is 6.10. The lowest BCUT2D eigenvalue weighted by atomic mass is 9.93. The Kier molecular flexibility index (Phi) is 8.73. The number of hydrogen-bond donors (Lipinski definition) is 2. The summed E-state index contributed by atoms with van der Waals surface area (Å²) in [6, 6.07) is 6.00. The molecule has 1 aromatic heterocycles. The zero-order valence-corrected chi connectivity index (χ0v) is 20.0. The second kappa shape index (κ2) is 11.3. The standard InChI is InChI=1S/C24H28FN3O3S.ClH/c25-20-5-2-1-4-19(20)23(24(31)17-7-8-17)27-11-9-21(32)18(15-27)12-16-13-26-28(14-16)10-3-6-22(29)30;/h1-2,4-5,12-14,17,21,23,32H,3,6-11,15H2,(H,29,30);1H. The van der Waals surface area contributed by atoms with Crippen molar-refractivity contribution >= 4 is 42.9 Å². The van der Waals surface area contributed by atoms with Crippen molar-refractivity contribution in [2.45, 2.75) is 49.9 Å². The monoisotopic (exact) mass is 493 g/mol. The summed E-state index contributed by atoms with van der Waals surface area (Å²) in [5.41, 5.74) is 2.43. The summed E-state index contributed by atoms with van der Waals surface area (Å²) in [7, 11) is 0. The van der Waals surface area contributed by atoms with Crippen LogP contribution in [0, 0.1) is 11.7 Å². The molecule has 6 nitrogen and oxygen atoms in total. The molecular weight excluding hydrogens is 465 g/mol. The number of aromatic nitrogens is 2. The predicted octanol–water partition coefficient (Wildman–Crippen LogP) is 4.42. The van der Waals surface area contributed by atoms with Crippen molar-refractivity contribution in [2.75, 3.05) is 13.1 Å². The molecule has 2 fully saturated rings. The van der Waals surface area contributed by atoms with Crippen LogP contribution in [0.5, 0.6) is 0 Å². The summed E-state index contributed by atoms with van der Waals surface area (Å²) in [6.07, 6.45) is 8.83. The van der Waals surface area contributed by atoms with Gasteiger partial charge in [-0.25, -0.2) is 4.39 Å². The number of carbonyl (C=O) groups is 2. The van der Waals surface area contributed by atoms with Crippen molar-refractivity contribution in [3.63, 3.8) is 0 Å². The molecule has 0 spiro atoms. The molecule has 1 aliphatic carbocycles. The Hall–Kier alpha value is -2.16. The number of carboxylic acids is 1. The van der Waals surface area contributed by atoms with Gasteiger partial charge in [0.05, 0.1) is 12.2 Å². The first-order valence-corrected chi connectivity index (χ1v) is 11.6. The number of rotatable bonds is 9. The van der Waals surface area contributed by atoms with Gasteiger partial charge in [0.25, 0.3) is 0 Å². The first-order chi connectivity index (χ1) is 15.4. The van der Waals surface area contributed by atoms with Gasteiger partial charge < -0.3 is 5.11 Å². The molecule has 1 N–H and O–H groups in total. The molecule has 2 aromatic rings. The number of hydrogen-bond acceptors (Lipinski definition) is 5. The van der Waals surface area contributed by atoms with Gasteiger partial charge in [-0.2, -0.15) is 17.7 Å². The molecule has 2 unspecified atom stereocenters. The van der Waals surface area contributed by atoms with Crippen LogP contribution >= 0.6 is 25.0 Å². The first-order valence-electron chi connectivity index (χ1n) is 11.1. The Balaban J connectivity index is 0.00000306. The van der Waals surface area contributed by atoms with E-state index in [1.807, 2.05) is 12.3 Å². The Bertz CT molecular complexity index is 1020. The summed E-state index contributed by atoms with van der Waals surface area (Å²) in [6.45, 7) is 1.75. The van der Waals surface area contributed by atoms with Crippen LogP contribution in [0.3, 0.4) is 0 Å². The van der Waals surface area contributed by atoms with Crippen molar-refractivity contribution in [2.24, 2.45) is 5.92 Å². The summed E-state index contributed by atoms with van der Waals surface area (Å²) < 4.78 is 16.4. The van der Waals surface area contributed by atoms with E-state index >= 15 is 0 Å². The fourth-order valence-corrected chi connectivity index (χ4v) is 4.53. The van der Waals surface area contributed by atoms with Crippen LogP contribution in [0.2, 0.25) is 0 Å². The van der Waals surface area contributed by atoms with Gasteiger partial charge in [-0.3, -0.25) is 19.2 Å². The third kappa shape index (κ3) is 6.46. The zero-order chi connectivity index (χ0) is 22.7. The highest BCUT2D eigenvalue weighted by Crippen LogP contribution is 2.39. The van der Waals surface area contributed by atoms with Gasteiger partial charge in [-0.15, -0.1) is 12.4 Å². The molecular formula is C24H29ClFN3O3S. The minimum atomic E-state index is -0.815. The van der Waals surface area contributed by atoms with Gasteiger partial charge in [-0.05, 0) is 37.3 Å². The molecule has 0 radical (unpaired) electrons. The average molecular weight is 494 g/mol. The van der Waals surface area contributed by atoms with Crippen LogP contribution in [0.25, 0.3) is 6.08 Å². The molecule has 1 saturated heterocycles. The number of carbonyl (C=O) groups excluding carboxylic acids is 1. The number of aliphatic carboxylic acids is 1. The summed E-state index contributed by atoms with van der Waals surface area (Å²) >= 11 is 4.75. The molecule has 2 atom stereocenters. The number of thiol groups is 1. The van der Waals surface area contributed by atoms with E-state index in [9.17, 15) is 14.0 Å². The van der Waals surface area contributed by atoms with Gasteiger partial charge in [0.15, 0.2) is 5.78 Å². The Morgan fingerprint density at radius 1 is 1.27 bits per heavy atom. The van der Waals surface area contributed by atoms with E-state index in [0.717, 1.165) is 30.4 Å². The SMILES string of the molecule is Cl.O=C(O)CCCn1cc(C=C2CN(C(C(=O)C3CC3)c3ccccc3F)CCC2S)cn1. The van der Waals surface area contributed by atoms with Crippen LogP contribution in [-0.4, -0.2) is 49.9 Å². The number of Topliss-reactive ketones (excluding diaryl/α,β-unsaturated/α-hetero) is 1. The fraction of sp³-hybridized carbons (Fsp3) is 0.458. The summed E-state index contributed by atoms with van der Waals surface area (Å²) in [5.74, 6) is -1.01. The van der Waals surface area contributed by atoms with Crippen molar-refractivity contribution < 1.29 is 19.1 Å². The van der Waals surface area contributed by atoms with Gasteiger partial charge in [0.2, 0.25) is 0 Å². The van der Waals surface area contributed by atoms with Crippen molar-refractivity contribution in [1.29, 1.82) is 0 Å². The van der Waals surface area contributed by atoms with E-state index in [-0.39, 0.29) is 41.6 Å². The topological polar surface area (TPSA) is 75.4 Å². The quantitative estimate of drug-likeness (QED) is 0.506. The fourth-order valence-electron chi connectivity index (χ4n) is 4.26. The molecule has 2 aliphatic rings. The van der Waals surface area contributed by atoms with Gasteiger partial charge in [0.1, 0.15) is 5.82 Å². The van der Waals surface area contributed by atoms with Crippen molar-refractivity contribution in [1.82, 2.24) is 14.7 Å². The maximum atomic E-state index is 14.7. The molecule has 1 saturated carbocycles. The van der Waals surface area contributed by atoms with Gasteiger partial charge in [-0.1, -0.05) is 24.3 Å².